The van der Waals surface area contributed by atoms with Crippen LogP contribution in [0.2, 0.25) is 0 Å². The monoisotopic (exact) mass is 428 g/mol. The minimum absolute atomic E-state index is 0.140. The first-order valence-electron chi connectivity index (χ1n) is 11.0. The highest BCUT2D eigenvalue weighted by Crippen LogP contribution is 2.27. The smallest absolute Gasteiger partial charge is 0.206 e. The highest BCUT2D eigenvalue weighted by molar-refractivity contribution is 5.86. The highest BCUT2D eigenvalue weighted by atomic mass is 19.3. The van der Waals surface area contributed by atoms with Gasteiger partial charge in [-0.05, 0) is 53.8 Å². The van der Waals surface area contributed by atoms with E-state index >= 15 is 0 Å². The lowest BCUT2D eigenvalue weighted by atomic mass is 9.98. The molecule has 4 heteroatoms. The number of aryl methyl sites for hydroxylation is 3. The largest absolute Gasteiger partial charge is 0.271 e. The van der Waals surface area contributed by atoms with Crippen LogP contribution in [-0.2, 0) is 19.3 Å². The van der Waals surface area contributed by atoms with Crippen LogP contribution >= 0.6 is 0 Å². The maximum absolute atomic E-state index is 14.4. The van der Waals surface area contributed by atoms with Gasteiger partial charge < -0.3 is 0 Å². The Kier molecular flexibility index (Phi) is 8.27. The zero-order chi connectivity index (χ0) is 22.2. The lowest BCUT2D eigenvalue weighted by Crippen LogP contribution is -1.95. The maximum atomic E-state index is 14.4. The Morgan fingerprint density at radius 3 is 2.03 bits per heavy atom. The van der Waals surface area contributed by atoms with Gasteiger partial charge in [0.2, 0.25) is 0 Å². The molecule has 0 heterocycles. The van der Waals surface area contributed by atoms with E-state index in [0.717, 1.165) is 30.9 Å². The number of hydrogen-bond donors (Lipinski definition) is 0. The van der Waals surface area contributed by atoms with Gasteiger partial charge in [0.05, 0.1) is 5.56 Å². The summed E-state index contributed by atoms with van der Waals surface area (Å²) in [4.78, 5) is 0. The Morgan fingerprint density at radius 1 is 0.742 bits per heavy atom. The van der Waals surface area contributed by atoms with Crippen LogP contribution < -0.4 is 0 Å². The summed E-state index contributed by atoms with van der Waals surface area (Å²) in [6.45, 7) is 2.22. The van der Waals surface area contributed by atoms with Crippen molar-refractivity contribution in [2.45, 2.75) is 58.3 Å². The minimum atomic E-state index is -2.13. The third kappa shape index (κ3) is 6.43. The first-order chi connectivity index (χ1) is 15.0. The van der Waals surface area contributed by atoms with Gasteiger partial charge in [0.25, 0.3) is 6.08 Å². The van der Waals surface area contributed by atoms with Gasteiger partial charge in [-0.25, -0.2) is 8.78 Å². The van der Waals surface area contributed by atoms with E-state index in [1.54, 1.807) is 12.1 Å². The van der Waals surface area contributed by atoms with Crippen LogP contribution in [0, 0.1) is 11.6 Å². The van der Waals surface area contributed by atoms with Crippen molar-refractivity contribution in [3.63, 3.8) is 0 Å². The number of halogens is 4. The molecule has 0 saturated heterocycles. The van der Waals surface area contributed by atoms with Crippen LogP contribution in [0.1, 0.15) is 61.3 Å². The summed E-state index contributed by atoms with van der Waals surface area (Å²) >= 11 is 0. The van der Waals surface area contributed by atoms with Crippen molar-refractivity contribution in [1.82, 2.24) is 0 Å². The molecule has 3 aromatic carbocycles. The zero-order valence-corrected chi connectivity index (χ0v) is 17.9. The molecule has 0 aromatic heterocycles. The fourth-order valence-electron chi connectivity index (χ4n) is 3.89. The predicted octanol–water partition coefficient (Wildman–Crippen LogP) is 8.65. The second-order valence-corrected chi connectivity index (χ2v) is 8.06. The second kappa shape index (κ2) is 11.1. The van der Waals surface area contributed by atoms with Crippen molar-refractivity contribution in [2.24, 2.45) is 0 Å². The number of unbranched alkanes of at least 4 members (excludes halogenated alkanes) is 4. The molecular formula is C27H28F4. The predicted molar refractivity (Wildman–Crippen MR) is 120 cm³/mol. The molecule has 0 spiro atoms. The molecule has 0 unspecified atom stereocenters. The molecule has 3 aromatic rings. The summed E-state index contributed by atoms with van der Waals surface area (Å²) in [6, 6.07) is 14.8. The maximum Gasteiger partial charge on any atom is 0.271 e. The average molecular weight is 429 g/mol. The van der Waals surface area contributed by atoms with Crippen molar-refractivity contribution in [3.8, 4) is 0 Å². The highest BCUT2D eigenvalue weighted by Gasteiger charge is 2.13. The Morgan fingerprint density at radius 2 is 1.35 bits per heavy atom. The molecule has 0 aliphatic carbocycles. The number of rotatable bonds is 10. The van der Waals surface area contributed by atoms with Crippen molar-refractivity contribution in [1.29, 1.82) is 0 Å². The SMILES string of the molecule is CCCCCCCc1ccc(CCc2ccc3c(F)c(C=C(F)F)c(F)cc3c2)cc1. The van der Waals surface area contributed by atoms with Crippen molar-refractivity contribution in [2.75, 3.05) is 0 Å². The molecule has 3 rings (SSSR count). The molecule has 0 saturated carbocycles. The Bertz CT molecular complexity index is 1030. The van der Waals surface area contributed by atoms with Crippen LogP contribution in [-0.4, -0.2) is 0 Å². The second-order valence-electron chi connectivity index (χ2n) is 8.06. The van der Waals surface area contributed by atoms with Crippen LogP contribution in [0.5, 0.6) is 0 Å². The van der Waals surface area contributed by atoms with Crippen LogP contribution in [0.3, 0.4) is 0 Å². The van der Waals surface area contributed by atoms with E-state index in [9.17, 15) is 17.6 Å². The molecule has 0 N–H and O–H groups in total. The lowest BCUT2D eigenvalue weighted by Gasteiger charge is -2.08. The Hall–Kier alpha value is -2.62. The van der Waals surface area contributed by atoms with Crippen molar-refractivity contribution in [3.05, 3.63) is 88.5 Å². The fraction of sp³-hybridized carbons (Fsp3) is 0.333. The third-order valence-corrected chi connectivity index (χ3v) is 5.68. The normalized spacial score (nSPS) is 11.1. The summed E-state index contributed by atoms with van der Waals surface area (Å²) in [5.74, 6) is -1.94. The molecule has 0 radical (unpaired) electrons. The summed E-state index contributed by atoms with van der Waals surface area (Å²) in [6.07, 6.45) is 7.13. The lowest BCUT2D eigenvalue weighted by molar-refractivity contribution is 0.428. The first kappa shape index (κ1) is 23.1. The number of fused-ring (bicyclic) bond motifs is 1. The topological polar surface area (TPSA) is 0 Å². The molecule has 164 valence electrons. The molecule has 0 nitrogen and oxygen atoms in total. The molecule has 0 aliphatic heterocycles. The van der Waals surface area contributed by atoms with E-state index in [2.05, 4.69) is 31.2 Å². The molecule has 0 aliphatic rings. The quantitative estimate of drug-likeness (QED) is 0.224. The van der Waals surface area contributed by atoms with Gasteiger partial charge in [0, 0.05) is 11.5 Å². The Labute approximate surface area is 181 Å². The van der Waals surface area contributed by atoms with Crippen molar-refractivity contribution < 1.29 is 17.6 Å². The van der Waals surface area contributed by atoms with Crippen LogP contribution in [0.25, 0.3) is 16.8 Å². The van der Waals surface area contributed by atoms with Gasteiger partial charge in [-0.1, -0.05) is 75.1 Å². The first-order valence-corrected chi connectivity index (χ1v) is 11.0. The van der Waals surface area contributed by atoms with Gasteiger partial charge in [0.1, 0.15) is 11.6 Å². The fourth-order valence-corrected chi connectivity index (χ4v) is 3.89. The molecule has 0 amide bonds. The minimum Gasteiger partial charge on any atom is -0.206 e. The van der Waals surface area contributed by atoms with Crippen LogP contribution in [0.15, 0.2) is 54.6 Å². The van der Waals surface area contributed by atoms with Crippen LogP contribution in [0.4, 0.5) is 17.6 Å². The molecule has 31 heavy (non-hydrogen) atoms. The summed E-state index contributed by atoms with van der Waals surface area (Å²) in [7, 11) is 0. The standard InChI is InChI=1S/C27H28F4/c1-2-3-4-5-6-7-19-8-10-20(11-9-19)12-13-21-14-15-23-22(16-21)17-25(28)24(27(23)31)18-26(29)30/h8-11,14-18H,2-7,12-13H2,1H3. The van der Waals surface area contributed by atoms with Gasteiger partial charge in [-0.2, -0.15) is 8.78 Å². The zero-order valence-electron chi connectivity index (χ0n) is 17.9. The molecule has 0 fully saturated rings. The van der Waals surface area contributed by atoms with E-state index in [-0.39, 0.29) is 11.5 Å². The van der Waals surface area contributed by atoms with Gasteiger partial charge in [-0.15, -0.1) is 0 Å². The average Bonchev–Trinajstić information content (AvgIpc) is 2.75. The molecular weight excluding hydrogens is 400 g/mol. The van der Waals surface area contributed by atoms with E-state index in [1.807, 2.05) is 0 Å². The molecule has 0 atom stereocenters. The van der Waals surface area contributed by atoms with E-state index < -0.39 is 23.3 Å². The number of hydrogen-bond acceptors (Lipinski definition) is 0. The third-order valence-electron chi connectivity index (χ3n) is 5.68. The Balaban J connectivity index is 1.62. The van der Waals surface area contributed by atoms with Gasteiger partial charge in [0.15, 0.2) is 0 Å². The molecule has 0 bridgehead atoms. The number of benzene rings is 3. The van der Waals surface area contributed by atoms with E-state index in [0.29, 0.717) is 5.39 Å². The van der Waals surface area contributed by atoms with E-state index in [4.69, 9.17) is 0 Å². The van der Waals surface area contributed by atoms with Gasteiger partial charge >= 0.3 is 0 Å². The van der Waals surface area contributed by atoms with E-state index in [1.165, 1.54) is 49.3 Å². The van der Waals surface area contributed by atoms with Crippen molar-refractivity contribution >= 4 is 16.8 Å². The summed E-state index contributed by atoms with van der Waals surface area (Å²) in [5, 5.41) is 0.517. The van der Waals surface area contributed by atoms with Gasteiger partial charge in [-0.3, -0.25) is 0 Å². The summed E-state index contributed by atoms with van der Waals surface area (Å²) in [5.41, 5.74) is 2.81. The summed E-state index contributed by atoms with van der Waals surface area (Å²) < 4.78 is 53.5.